The standard InChI is InChI=1S/C22H24F3NO3/c1-5-7-13-10-11(3)14-8-9-15-18(16(14)12(13)4)26(6-2)21(29)17(19(15)27)20(28)22(23,24)25/h8-12,27H,5-7H2,1-4H3. The Balaban J connectivity index is 2.44. The highest BCUT2D eigenvalue weighted by atomic mass is 19.4. The largest absolute Gasteiger partial charge is 0.506 e. The number of aromatic hydroxyl groups is 1. The maximum atomic E-state index is 13.0. The van der Waals surface area contributed by atoms with Crippen molar-refractivity contribution in [1.82, 2.24) is 4.57 Å². The topological polar surface area (TPSA) is 59.3 Å². The summed E-state index contributed by atoms with van der Waals surface area (Å²) in [5.41, 5.74) is 1.09. The van der Waals surface area contributed by atoms with Gasteiger partial charge in [0.2, 0.25) is 0 Å². The number of halogens is 3. The minimum absolute atomic E-state index is 0.0504. The van der Waals surface area contributed by atoms with Crippen molar-refractivity contribution in [3.63, 3.8) is 0 Å². The zero-order valence-electron chi connectivity index (χ0n) is 16.9. The van der Waals surface area contributed by atoms with Gasteiger partial charge in [-0.1, -0.05) is 44.9 Å². The highest BCUT2D eigenvalue weighted by Crippen LogP contribution is 2.44. The molecule has 3 rings (SSSR count). The Morgan fingerprint density at radius 3 is 2.41 bits per heavy atom. The SMILES string of the molecule is CCCC1=CC(C)c2ccc3c(O)c(C(=O)C(F)(F)F)c(=O)n(CC)c3c2C1C. The van der Waals surface area contributed by atoms with Crippen LogP contribution in [0, 0.1) is 0 Å². The van der Waals surface area contributed by atoms with Gasteiger partial charge in [0, 0.05) is 17.8 Å². The highest BCUT2D eigenvalue weighted by Gasteiger charge is 2.43. The number of benzene rings is 1. The molecule has 2 unspecified atom stereocenters. The number of fused-ring (bicyclic) bond motifs is 3. The monoisotopic (exact) mass is 407 g/mol. The zero-order chi connectivity index (χ0) is 21.7. The Labute approximate surface area is 166 Å². The van der Waals surface area contributed by atoms with Crippen molar-refractivity contribution in [2.45, 2.75) is 65.1 Å². The summed E-state index contributed by atoms with van der Waals surface area (Å²) in [6.07, 6.45) is -1.24. The molecule has 1 aromatic heterocycles. The minimum Gasteiger partial charge on any atom is -0.506 e. The van der Waals surface area contributed by atoms with Crippen LogP contribution in [0.25, 0.3) is 10.9 Å². The first-order valence-electron chi connectivity index (χ1n) is 9.78. The van der Waals surface area contributed by atoms with Gasteiger partial charge in [0.05, 0.1) is 5.52 Å². The Hall–Kier alpha value is -2.57. The summed E-state index contributed by atoms with van der Waals surface area (Å²) in [5, 5.41) is 10.7. The summed E-state index contributed by atoms with van der Waals surface area (Å²) in [6.45, 7) is 7.82. The van der Waals surface area contributed by atoms with Gasteiger partial charge in [0.25, 0.3) is 11.3 Å². The van der Waals surface area contributed by atoms with E-state index < -0.39 is 28.8 Å². The fourth-order valence-electron chi connectivity index (χ4n) is 4.41. The molecule has 29 heavy (non-hydrogen) atoms. The van der Waals surface area contributed by atoms with Crippen molar-refractivity contribution in [2.75, 3.05) is 0 Å². The summed E-state index contributed by atoms with van der Waals surface area (Å²) in [4.78, 5) is 24.7. The molecule has 0 radical (unpaired) electrons. The van der Waals surface area contributed by atoms with Gasteiger partial charge in [0.1, 0.15) is 11.3 Å². The van der Waals surface area contributed by atoms with Crippen molar-refractivity contribution >= 4 is 16.7 Å². The van der Waals surface area contributed by atoms with E-state index in [1.54, 1.807) is 13.0 Å². The lowest BCUT2D eigenvalue weighted by Crippen LogP contribution is -2.33. The van der Waals surface area contributed by atoms with E-state index >= 15 is 0 Å². The second-order valence-electron chi connectivity index (χ2n) is 7.57. The van der Waals surface area contributed by atoms with E-state index in [9.17, 15) is 27.9 Å². The first kappa shape index (κ1) is 21.1. The molecule has 1 aromatic carbocycles. The van der Waals surface area contributed by atoms with Crippen molar-refractivity contribution in [1.29, 1.82) is 0 Å². The third-order valence-corrected chi connectivity index (χ3v) is 5.75. The third kappa shape index (κ3) is 3.26. The molecule has 2 aromatic rings. The maximum absolute atomic E-state index is 13.0. The lowest BCUT2D eigenvalue weighted by molar-refractivity contribution is -0.0887. The van der Waals surface area contributed by atoms with Crippen LogP contribution in [0.3, 0.4) is 0 Å². The van der Waals surface area contributed by atoms with E-state index in [1.807, 2.05) is 13.8 Å². The molecule has 0 aliphatic heterocycles. The Kier molecular flexibility index (Phi) is 5.36. The Bertz CT molecular complexity index is 1080. The Morgan fingerprint density at radius 1 is 1.21 bits per heavy atom. The third-order valence-electron chi connectivity index (χ3n) is 5.75. The smallest absolute Gasteiger partial charge is 0.455 e. The summed E-state index contributed by atoms with van der Waals surface area (Å²) in [7, 11) is 0. The average molecular weight is 407 g/mol. The van der Waals surface area contributed by atoms with Crippen molar-refractivity contribution in [3.05, 3.63) is 50.8 Å². The molecule has 156 valence electrons. The molecular formula is C22H24F3NO3. The summed E-state index contributed by atoms with van der Waals surface area (Å²) < 4.78 is 40.3. The van der Waals surface area contributed by atoms with Gasteiger partial charge in [-0.15, -0.1) is 0 Å². The van der Waals surface area contributed by atoms with Gasteiger partial charge >= 0.3 is 6.18 Å². The molecule has 1 aliphatic carbocycles. The van der Waals surface area contributed by atoms with Crippen LogP contribution in [-0.4, -0.2) is 21.6 Å². The number of ketones is 1. The van der Waals surface area contributed by atoms with Crippen LogP contribution in [0.5, 0.6) is 5.75 Å². The first-order chi connectivity index (χ1) is 13.5. The number of Topliss-reactive ketones (excluding diaryl/α,β-unsaturated/α-hetero) is 1. The fraction of sp³-hybridized carbons (Fsp3) is 0.455. The minimum atomic E-state index is -5.25. The lowest BCUT2D eigenvalue weighted by Gasteiger charge is -2.30. The van der Waals surface area contributed by atoms with Gasteiger partial charge in [-0.05, 0) is 36.5 Å². The molecule has 1 aliphatic rings. The molecular weight excluding hydrogens is 383 g/mol. The number of rotatable bonds is 4. The van der Waals surface area contributed by atoms with Crippen LogP contribution in [0.2, 0.25) is 0 Å². The molecule has 0 fully saturated rings. The van der Waals surface area contributed by atoms with E-state index in [1.165, 1.54) is 16.2 Å². The van der Waals surface area contributed by atoms with Gasteiger partial charge in [0.15, 0.2) is 0 Å². The Morgan fingerprint density at radius 2 is 1.86 bits per heavy atom. The van der Waals surface area contributed by atoms with Crippen molar-refractivity contribution < 1.29 is 23.1 Å². The second kappa shape index (κ2) is 7.35. The second-order valence-corrected chi connectivity index (χ2v) is 7.57. The number of carbonyl (C=O) groups is 1. The molecule has 4 nitrogen and oxygen atoms in total. The van der Waals surface area contributed by atoms with Gasteiger partial charge in [-0.2, -0.15) is 13.2 Å². The summed E-state index contributed by atoms with van der Waals surface area (Å²) in [5.74, 6) is -3.20. The number of pyridine rings is 1. The fourth-order valence-corrected chi connectivity index (χ4v) is 4.41. The molecule has 1 N–H and O–H groups in total. The van der Waals surface area contributed by atoms with Gasteiger partial charge < -0.3 is 9.67 Å². The van der Waals surface area contributed by atoms with Gasteiger partial charge in [-0.25, -0.2) is 0 Å². The molecule has 0 saturated heterocycles. The first-order valence-corrected chi connectivity index (χ1v) is 9.78. The van der Waals surface area contributed by atoms with Crippen LogP contribution in [0.4, 0.5) is 13.2 Å². The number of hydrogen-bond acceptors (Lipinski definition) is 3. The number of hydrogen-bond donors (Lipinski definition) is 1. The van der Waals surface area contributed by atoms with Crippen LogP contribution in [-0.2, 0) is 6.54 Å². The number of aryl methyl sites for hydroxylation is 1. The van der Waals surface area contributed by atoms with Crippen molar-refractivity contribution in [2.24, 2.45) is 0 Å². The molecule has 7 heteroatoms. The quantitative estimate of drug-likeness (QED) is 0.544. The van der Waals surface area contributed by atoms with Crippen LogP contribution < -0.4 is 5.56 Å². The van der Waals surface area contributed by atoms with E-state index in [4.69, 9.17) is 0 Å². The number of carbonyl (C=O) groups excluding carboxylic acids is 1. The van der Waals surface area contributed by atoms with Crippen LogP contribution in [0.15, 0.2) is 28.6 Å². The van der Waals surface area contributed by atoms with E-state index in [0.717, 1.165) is 24.0 Å². The molecule has 0 saturated carbocycles. The number of aromatic nitrogens is 1. The van der Waals surface area contributed by atoms with Crippen LogP contribution >= 0.6 is 0 Å². The number of nitrogens with zero attached hydrogens (tertiary/aromatic N) is 1. The number of alkyl halides is 3. The molecule has 0 spiro atoms. The molecule has 0 bridgehead atoms. The molecule has 2 atom stereocenters. The summed E-state index contributed by atoms with van der Waals surface area (Å²) >= 11 is 0. The predicted molar refractivity (Wildman–Crippen MR) is 106 cm³/mol. The average Bonchev–Trinajstić information content (AvgIpc) is 2.65. The normalized spacial score (nSPS) is 19.2. The molecule has 0 amide bonds. The van der Waals surface area contributed by atoms with Crippen LogP contribution in [0.1, 0.15) is 73.9 Å². The lowest BCUT2D eigenvalue weighted by atomic mass is 9.76. The zero-order valence-corrected chi connectivity index (χ0v) is 16.9. The molecule has 1 heterocycles. The maximum Gasteiger partial charge on any atom is 0.455 e. The highest BCUT2D eigenvalue weighted by molar-refractivity contribution is 6.07. The van der Waals surface area contributed by atoms with E-state index in [-0.39, 0.29) is 23.8 Å². The number of allylic oxidation sites excluding steroid dienone is 2. The van der Waals surface area contributed by atoms with E-state index in [0.29, 0.717) is 5.52 Å². The van der Waals surface area contributed by atoms with Gasteiger partial charge in [-0.3, -0.25) is 9.59 Å². The van der Waals surface area contributed by atoms with E-state index in [2.05, 4.69) is 13.0 Å². The summed E-state index contributed by atoms with van der Waals surface area (Å²) in [6, 6.07) is 3.27. The van der Waals surface area contributed by atoms with Crippen molar-refractivity contribution in [3.8, 4) is 5.75 Å². The predicted octanol–water partition coefficient (Wildman–Crippen LogP) is 5.42.